The normalized spacial score (nSPS) is 11.4. The van der Waals surface area contributed by atoms with Crippen LogP contribution in [0.1, 0.15) is 18.1 Å². The minimum atomic E-state index is -4.35. The van der Waals surface area contributed by atoms with Gasteiger partial charge in [0, 0.05) is 5.69 Å². The second kappa shape index (κ2) is 3.36. The first-order valence-electron chi connectivity index (χ1n) is 3.95. The minimum absolute atomic E-state index is 0.104. The Kier molecular flexibility index (Phi) is 2.55. The second-order valence-corrected chi connectivity index (χ2v) is 3.08. The summed E-state index contributed by atoms with van der Waals surface area (Å²) in [6.07, 6.45) is -4.35. The van der Waals surface area contributed by atoms with Gasteiger partial charge in [-0.05, 0) is 30.2 Å². The molecule has 0 aliphatic carbocycles. The van der Waals surface area contributed by atoms with Crippen LogP contribution < -0.4 is 5.73 Å². The number of nitrogens with two attached hydrogens (primary N) is 1. The summed E-state index contributed by atoms with van der Waals surface area (Å²) in [7, 11) is 0. The summed E-state index contributed by atoms with van der Waals surface area (Å²) in [5.41, 5.74) is 6.03. The summed E-state index contributed by atoms with van der Waals surface area (Å²) < 4.78 is 36.7. The maximum atomic E-state index is 12.2. The fraction of sp³-hybridized carbons (Fsp3) is 0.200. The summed E-state index contributed by atoms with van der Waals surface area (Å²) in [6.45, 7) is 5.31. The lowest BCUT2D eigenvalue weighted by Crippen LogP contribution is -2.06. The van der Waals surface area contributed by atoms with Crippen molar-refractivity contribution in [1.82, 2.24) is 0 Å². The average Bonchev–Trinajstić information content (AvgIpc) is 2.01. The van der Waals surface area contributed by atoms with Crippen LogP contribution in [0.15, 0.2) is 24.8 Å². The predicted molar refractivity (Wildman–Crippen MR) is 50.6 cm³/mol. The van der Waals surface area contributed by atoms with E-state index in [1.165, 1.54) is 6.07 Å². The molecular formula is C10H10F3N. The first-order valence-corrected chi connectivity index (χ1v) is 3.95. The number of hydrogen-bond acceptors (Lipinski definition) is 1. The van der Waals surface area contributed by atoms with Gasteiger partial charge < -0.3 is 5.73 Å². The minimum Gasteiger partial charge on any atom is -0.398 e. The molecule has 0 atom stereocenters. The van der Waals surface area contributed by atoms with Crippen molar-refractivity contribution < 1.29 is 13.2 Å². The van der Waals surface area contributed by atoms with E-state index in [0.717, 1.165) is 12.1 Å². The van der Waals surface area contributed by atoms with Crippen LogP contribution >= 0.6 is 0 Å². The van der Waals surface area contributed by atoms with Gasteiger partial charge in [0.25, 0.3) is 0 Å². The lowest BCUT2D eigenvalue weighted by Gasteiger charge is -2.10. The summed E-state index contributed by atoms with van der Waals surface area (Å²) in [5, 5.41) is 0. The lowest BCUT2D eigenvalue weighted by molar-refractivity contribution is -0.137. The second-order valence-electron chi connectivity index (χ2n) is 3.08. The summed E-state index contributed by atoms with van der Waals surface area (Å²) in [5.74, 6) is 0. The molecule has 0 aliphatic heterocycles. The van der Waals surface area contributed by atoms with Crippen LogP contribution in [-0.4, -0.2) is 0 Å². The summed E-state index contributed by atoms with van der Waals surface area (Å²) in [6, 6.07) is 3.25. The van der Waals surface area contributed by atoms with Gasteiger partial charge in [-0.15, -0.1) is 0 Å². The van der Waals surface area contributed by atoms with E-state index in [9.17, 15) is 13.2 Å². The van der Waals surface area contributed by atoms with Gasteiger partial charge in [-0.2, -0.15) is 13.2 Å². The third-order valence-corrected chi connectivity index (χ3v) is 1.84. The predicted octanol–water partition coefficient (Wildman–Crippen LogP) is 3.32. The molecule has 1 rings (SSSR count). The Morgan fingerprint density at radius 3 is 2.29 bits per heavy atom. The van der Waals surface area contributed by atoms with E-state index in [1.54, 1.807) is 6.92 Å². The molecule has 0 spiro atoms. The van der Waals surface area contributed by atoms with Gasteiger partial charge >= 0.3 is 6.18 Å². The van der Waals surface area contributed by atoms with Crippen molar-refractivity contribution >= 4 is 11.3 Å². The Hall–Kier alpha value is -1.45. The molecule has 0 radical (unpaired) electrons. The zero-order chi connectivity index (χ0) is 10.9. The maximum Gasteiger partial charge on any atom is 0.416 e. The molecule has 76 valence electrons. The number of hydrogen-bond donors (Lipinski definition) is 1. The highest BCUT2D eigenvalue weighted by molar-refractivity contribution is 5.72. The van der Waals surface area contributed by atoms with Gasteiger partial charge in [-0.3, -0.25) is 0 Å². The van der Waals surface area contributed by atoms with Gasteiger partial charge in [0.1, 0.15) is 0 Å². The SMILES string of the molecule is C=C(C)c1ccc(C(F)(F)F)cc1N. The van der Waals surface area contributed by atoms with E-state index < -0.39 is 11.7 Å². The number of alkyl halides is 3. The fourth-order valence-corrected chi connectivity index (χ4v) is 1.13. The number of rotatable bonds is 1. The molecule has 4 heteroatoms. The molecular weight excluding hydrogens is 191 g/mol. The van der Waals surface area contributed by atoms with E-state index >= 15 is 0 Å². The number of benzene rings is 1. The van der Waals surface area contributed by atoms with Crippen LogP contribution in [0.4, 0.5) is 18.9 Å². The fourth-order valence-electron chi connectivity index (χ4n) is 1.13. The van der Waals surface area contributed by atoms with Crippen LogP contribution in [0, 0.1) is 0 Å². The highest BCUT2D eigenvalue weighted by atomic mass is 19.4. The molecule has 0 aromatic heterocycles. The first kappa shape index (κ1) is 10.6. The molecule has 0 aliphatic rings. The molecule has 2 N–H and O–H groups in total. The van der Waals surface area contributed by atoms with Crippen LogP contribution in [-0.2, 0) is 6.18 Å². The molecule has 0 saturated carbocycles. The summed E-state index contributed by atoms with van der Waals surface area (Å²) >= 11 is 0. The molecule has 14 heavy (non-hydrogen) atoms. The van der Waals surface area contributed by atoms with Crippen LogP contribution in [0.2, 0.25) is 0 Å². The average molecular weight is 201 g/mol. The Morgan fingerprint density at radius 2 is 1.93 bits per heavy atom. The molecule has 0 saturated heterocycles. The number of halogens is 3. The van der Waals surface area contributed by atoms with Crippen molar-refractivity contribution in [3.8, 4) is 0 Å². The van der Waals surface area contributed by atoms with Crippen LogP contribution in [0.25, 0.3) is 5.57 Å². The smallest absolute Gasteiger partial charge is 0.398 e. The van der Waals surface area contributed by atoms with E-state index in [4.69, 9.17) is 5.73 Å². The van der Waals surface area contributed by atoms with Crippen molar-refractivity contribution in [2.24, 2.45) is 0 Å². The van der Waals surface area contributed by atoms with Crippen molar-refractivity contribution in [3.63, 3.8) is 0 Å². The lowest BCUT2D eigenvalue weighted by atomic mass is 10.0. The summed E-state index contributed by atoms with van der Waals surface area (Å²) in [4.78, 5) is 0. The zero-order valence-corrected chi connectivity index (χ0v) is 7.65. The monoisotopic (exact) mass is 201 g/mol. The van der Waals surface area contributed by atoms with E-state index in [-0.39, 0.29) is 5.69 Å². The molecule has 1 nitrogen and oxygen atoms in total. The molecule has 0 fully saturated rings. The standard InChI is InChI=1S/C10H10F3N/c1-6(2)8-4-3-7(5-9(8)14)10(11,12)13/h3-5H,1,14H2,2H3. The van der Waals surface area contributed by atoms with E-state index in [1.807, 2.05) is 0 Å². The molecule has 0 amide bonds. The Balaban J connectivity index is 3.20. The van der Waals surface area contributed by atoms with Gasteiger partial charge in [0.2, 0.25) is 0 Å². The van der Waals surface area contributed by atoms with Crippen LogP contribution in [0.5, 0.6) is 0 Å². The van der Waals surface area contributed by atoms with Crippen molar-refractivity contribution in [2.75, 3.05) is 5.73 Å². The largest absolute Gasteiger partial charge is 0.416 e. The number of allylic oxidation sites excluding steroid dienone is 1. The van der Waals surface area contributed by atoms with Crippen molar-refractivity contribution in [2.45, 2.75) is 13.1 Å². The van der Waals surface area contributed by atoms with E-state index in [0.29, 0.717) is 11.1 Å². The number of nitrogen functional groups attached to an aromatic ring is 1. The van der Waals surface area contributed by atoms with Gasteiger partial charge in [-0.25, -0.2) is 0 Å². The van der Waals surface area contributed by atoms with Crippen molar-refractivity contribution in [1.29, 1.82) is 0 Å². The molecule has 0 bridgehead atoms. The van der Waals surface area contributed by atoms with Crippen LogP contribution in [0.3, 0.4) is 0 Å². The Morgan fingerprint density at radius 1 is 1.36 bits per heavy atom. The Labute approximate surface area is 80.0 Å². The number of anilines is 1. The third-order valence-electron chi connectivity index (χ3n) is 1.84. The van der Waals surface area contributed by atoms with Gasteiger partial charge in [-0.1, -0.05) is 12.6 Å². The molecule has 1 aromatic rings. The van der Waals surface area contributed by atoms with E-state index in [2.05, 4.69) is 6.58 Å². The maximum absolute atomic E-state index is 12.2. The van der Waals surface area contributed by atoms with Gasteiger partial charge in [0.15, 0.2) is 0 Å². The Bertz CT molecular complexity index is 366. The highest BCUT2D eigenvalue weighted by Crippen LogP contribution is 2.32. The third kappa shape index (κ3) is 2.07. The topological polar surface area (TPSA) is 26.0 Å². The first-order chi connectivity index (χ1) is 6.32. The van der Waals surface area contributed by atoms with Crippen molar-refractivity contribution in [3.05, 3.63) is 35.9 Å². The highest BCUT2D eigenvalue weighted by Gasteiger charge is 2.30. The molecule has 0 heterocycles. The van der Waals surface area contributed by atoms with Gasteiger partial charge in [0.05, 0.1) is 5.56 Å². The quantitative estimate of drug-likeness (QED) is 0.693. The zero-order valence-electron chi connectivity index (χ0n) is 7.65. The molecule has 1 aromatic carbocycles. The molecule has 0 unspecified atom stereocenters.